The summed E-state index contributed by atoms with van der Waals surface area (Å²) >= 11 is 0. The van der Waals surface area contributed by atoms with E-state index in [4.69, 9.17) is 15.0 Å². The molecule has 0 spiro atoms. The molecule has 1 aliphatic heterocycles. The van der Waals surface area contributed by atoms with Crippen LogP contribution in [0, 0.1) is 36.5 Å². The van der Waals surface area contributed by atoms with Crippen molar-refractivity contribution in [2.45, 2.75) is 26.7 Å². The summed E-state index contributed by atoms with van der Waals surface area (Å²) in [6.45, 7) is 5.54. The summed E-state index contributed by atoms with van der Waals surface area (Å²) in [6, 6.07) is 15.1. The third kappa shape index (κ3) is 6.08. The highest BCUT2D eigenvalue weighted by Crippen LogP contribution is 2.33. The number of aryl methyl sites for hydroxylation is 2. The largest absolute Gasteiger partial charge is 0.438 e. The third-order valence-corrected chi connectivity index (χ3v) is 5.20. The fraction of sp³-hybridized carbons (Fsp3) is 0.250. The highest BCUT2D eigenvalue weighted by Gasteiger charge is 2.20. The van der Waals surface area contributed by atoms with Gasteiger partial charge in [0.05, 0.1) is 29.0 Å². The second-order valence-electron chi connectivity index (χ2n) is 7.49. The molecule has 33 heavy (non-hydrogen) atoms. The fourth-order valence-electron chi connectivity index (χ4n) is 3.68. The number of fused-ring (bicyclic) bond motifs is 1. The minimum absolute atomic E-state index is 0. The molecule has 9 heteroatoms. The van der Waals surface area contributed by atoms with Crippen LogP contribution in [0.3, 0.4) is 0 Å². The first-order valence-electron chi connectivity index (χ1n) is 10.1. The van der Waals surface area contributed by atoms with E-state index >= 15 is 0 Å². The molecule has 0 radical (unpaired) electrons. The first-order chi connectivity index (χ1) is 15.1. The quantitative estimate of drug-likeness (QED) is 0.442. The summed E-state index contributed by atoms with van der Waals surface area (Å²) in [5.74, 6) is 1.69. The lowest BCUT2D eigenvalue weighted by molar-refractivity contribution is 0.448. The standard InChI is InChI=1S/C24H22N6O.2BrH/c1-15-11-18(14-26)12-16(2)22(15)31-23-20-7-9-27-10-8-21(20)29-24(30-23)28-19-5-3-17(13-25)4-6-19;;/h3-6,11-12,27H,7-10H2,1-2H3,(H,28,29,30);2*1H. The number of nitrogens with zero attached hydrogens (tertiary/aromatic N) is 4. The van der Waals surface area contributed by atoms with Crippen LogP contribution in [-0.4, -0.2) is 23.1 Å². The van der Waals surface area contributed by atoms with E-state index in [1.807, 2.05) is 38.1 Å². The van der Waals surface area contributed by atoms with Crippen molar-refractivity contribution < 1.29 is 4.74 Å². The Kier molecular flexibility index (Phi) is 9.36. The average Bonchev–Trinajstić information content (AvgIpc) is 3.02. The lowest BCUT2D eigenvalue weighted by atomic mass is 10.1. The Morgan fingerprint density at radius 2 is 1.55 bits per heavy atom. The SMILES string of the molecule is Br.Br.Cc1cc(C#N)cc(C)c1Oc1nc(Nc2ccc(C#N)cc2)nc2c1CCNCC2. The predicted octanol–water partition coefficient (Wildman–Crippen LogP) is 5.22. The van der Waals surface area contributed by atoms with Crippen LogP contribution in [0.4, 0.5) is 11.6 Å². The van der Waals surface area contributed by atoms with Crippen LogP contribution in [0.25, 0.3) is 0 Å². The molecule has 0 amide bonds. The Balaban J connectivity index is 0.00000193. The van der Waals surface area contributed by atoms with Crippen LogP contribution in [-0.2, 0) is 12.8 Å². The van der Waals surface area contributed by atoms with Crippen molar-refractivity contribution in [2.24, 2.45) is 0 Å². The van der Waals surface area contributed by atoms with E-state index in [9.17, 15) is 5.26 Å². The Labute approximate surface area is 214 Å². The highest BCUT2D eigenvalue weighted by molar-refractivity contribution is 8.93. The fourth-order valence-corrected chi connectivity index (χ4v) is 3.68. The van der Waals surface area contributed by atoms with Gasteiger partial charge in [-0.25, -0.2) is 4.98 Å². The number of benzene rings is 2. The maximum absolute atomic E-state index is 9.22. The summed E-state index contributed by atoms with van der Waals surface area (Å²) in [5, 5.41) is 24.8. The Bertz CT molecular complexity index is 1190. The highest BCUT2D eigenvalue weighted by atomic mass is 79.9. The number of anilines is 2. The number of hydrogen-bond donors (Lipinski definition) is 2. The van der Waals surface area contributed by atoms with Crippen LogP contribution in [0.5, 0.6) is 11.6 Å². The second kappa shape index (κ2) is 11.8. The molecule has 1 aliphatic rings. The van der Waals surface area contributed by atoms with Crippen molar-refractivity contribution in [2.75, 3.05) is 18.4 Å². The molecule has 4 rings (SSSR count). The van der Waals surface area contributed by atoms with E-state index in [0.717, 1.165) is 54.0 Å². The van der Waals surface area contributed by atoms with E-state index in [-0.39, 0.29) is 34.0 Å². The van der Waals surface area contributed by atoms with Gasteiger partial charge >= 0.3 is 0 Å². The van der Waals surface area contributed by atoms with Gasteiger partial charge in [0.1, 0.15) is 5.75 Å². The Hall–Kier alpha value is -2.98. The number of hydrogen-bond acceptors (Lipinski definition) is 7. The first-order valence-corrected chi connectivity index (χ1v) is 10.1. The third-order valence-electron chi connectivity index (χ3n) is 5.20. The van der Waals surface area contributed by atoms with Gasteiger partial charge in [0.25, 0.3) is 0 Å². The molecule has 170 valence electrons. The van der Waals surface area contributed by atoms with Gasteiger partial charge in [-0.3, -0.25) is 0 Å². The maximum Gasteiger partial charge on any atom is 0.230 e. The topological polar surface area (TPSA) is 107 Å². The molecule has 0 unspecified atom stereocenters. The molecule has 0 saturated heterocycles. The second-order valence-corrected chi connectivity index (χ2v) is 7.49. The summed E-state index contributed by atoms with van der Waals surface area (Å²) < 4.78 is 6.34. The van der Waals surface area contributed by atoms with Crippen LogP contribution < -0.4 is 15.4 Å². The van der Waals surface area contributed by atoms with Crippen LogP contribution >= 0.6 is 34.0 Å². The Morgan fingerprint density at radius 1 is 0.909 bits per heavy atom. The van der Waals surface area contributed by atoms with Crippen molar-refractivity contribution in [1.82, 2.24) is 15.3 Å². The average molecular weight is 572 g/mol. The van der Waals surface area contributed by atoms with Crippen molar-refractivity contribution in [3.63, 3.8) is 0 Å². The molecular formula is C24H24Br2N6O. The summed E-state index contributed by atoms with van der Waals surface area (Å²) in [5.41, 5.74) is 5.72. The maximum atomic E-state index is 9.22. The zero-order chi connectivity index (χ0) is 21.8. The van der Waals surface area contributed by atoms with Gasteiger partial charge in [0.2, 0.25) is 11.8 Å². The van der Waals surface area contributed by atoms with E-state index < -0.39 is 0 Å². The van der Waals surface area contributed by atoms with E-state index in [1.165, 1.54) is 0 Å². The normalized spacial score (nSPS) is 12.0. The van der Waals surface area contributed by atoms with Gasteiger partial charge in [-0.05, 0) is 74.3 Å². The van der Waals surface area contributed by atoms with Gasteiger partial charge in [-0.1, -0.05) is 0 Å². The number of rotatable bonds is 4. The molecule has 0 fully saturated rings. The van der Waals surface area contributed by atoms with Crippen LogP contribution in [0.15, 0.2) is 36.4 Å². The van der Waals surface area contributed by atoms with Gasteiger partial charge in [-0.2, -0.15) is 15.5 Å². The minimum atomic E-state index is 0. The smallest absolute Gasteiger partial charge is 0.230 e. The van der Waals surface area contributed by atoms with Crippen LogP contribution in [0.2, 0.25) is 0 Å². The number of nitrogens with one attached hydrogen (secondary N) is 2. The van der Waals surface area contributed by atoms with Crippen molar-refractivity contribution in [3.05, 3.63) is 69.9 Å². The zero-order valence-electron chi connectivity index (χ0n) is 18.3. The van der Waals surface area contributed by atoms with E-state index in [1.54, 1.807) is 12.1 Å². The molecule has 0 atom stereocenters. The molecule has 7 nitrogen and oxygen atoms in total. The molecule has 2 aromatic carbocycles. The summed E-state index contributed by atoms with van der Waals surface area (Å²) in [7, 11) is 0. The molecule has 3 aromatic rings. The molecule has 1 aromatic heterocycles. The molecule has 0 aliphatic carbocycles. The van der Waals surface area contributed by atoms with Gasteiger partial charge in [0, 0.05) is 24.2 Å². The lowest BCUT2D eigenvalue weighted by Gasteiger charge is -2.17. The monoisotopic (exact) mass is 570 g/mol. The summed E-state index contributed by atoms with van der Waals surface area (Å²) in [4.78, 5) is 9.42. The number of nitriles is 2. The number of ether oxygens (including phenoxy) is 1. The Morgan fingerprint density at radius 3 is 2.18 bits per heavy atom. The lowest BCUT2D eigenvalue weighted by Crippen LogP contribution is -2.16. The molecule has 2 heterocycles. The van der Waals surface area contributed by atoms with Crippen molar-refractivity contribution in [3.8, 4) is 23.8 Å². The first kappa shape index (κ1) is 26.3. The van der Waals surface area contributed by atoms with E-state index in [0.29, 0.717) is 28.7 Å². The van der Waals surface area contributed by atoms with Gasteiger partial charge in [0.15, 0.2) is 0 Å². The van der Waals surface area contributed by atoms with Crippen LogP contribution in [0.1, 0.15) is 33.5 Å². The number of aromatic nitrogens is 2. The zero-order valence-corrected chi connectivity index (χ0v) is 21.7. The van der Waals surface area contributed by atoms with Crippen molar-refractivity contribution >= 4 is 45.6 Å². The summed E-state index contributed by atoms with van der Waals surface area (Å²) in [6.07, 6.45) is 1.55. The van der Waals surface area contributed by atoms with Gasteiger partial charge < -0.3 is 15.4 Å². The predicted molar refractivity (Wildman–Crippen MR) is 138 cm³/mol. The molecular weight excluding hydrogens is 548 g/mol. The van der Waals surface area contributed by atoms with E-state index in [2.05, 4.69) is 27.8 Å². The van der Waals surface area contributed by atoms with Crippen molar-refractivity contribution in [1.29, 1.82) is 10.5 Å². The minimum Gasteiger partial charge on any atom is -0.438 e. The van der Waals surface area contributed by atoms with Gasteiger partial charge in [-0.15, -0.1) is 34.0 Å². The molecule has 2 N–H and O–H groups in total. The molecule has 0 saturated carbocycles. The molecule has 0 bridgehead atoms. The number of halogens is 2.